The zero-order valence-corrected chi connectivity index (χ0v) is 13.3. The van der Waals surface area contributed by atoms with Gasteiger partial charge in [-0.05, 0) is 12.1 Å². The van der Waals surface area contributed by atoms with Gasteiger partial charge < -0.3 is 9.64 Å². The molecule has 0 bridgehead atoms. The molecule has 6 heteroatoms. The van der Waals surface area contributed by atoms with Crippen molar-refractivity contribution >= 4 is 38.3 Å². The van der Waals surface area contributed by atoms with Gasteiger partial charge >= 0.3 is 0 Å². The van der Waals surface area contributed by atoms with Crippen LogP contribution in [0.1, 0.15) is 6.42 Å². The van der Waals surface area contributed by atoms with E-state index < -0.39 is 0 Å². The van der Waals surface area contributed by atoms with Gasteiger partial charge in [0.25, 0.3) is 0 Å². The minimum atomic E-state index is 0.131. The Morgan fingerprint density at radius 3 is 3.05 bits per heavy atom. The maximum atomic E-state index is 6.10. The fraction of sp³-hybridized carbons (Fsp3) is 0.250. The van der Waals surface area contributed by atoms with Crippen molar-refractivity contribution in [3.8, 4) is 5.75 Å². The van der Waals surface area contributed by atoms with Crippen LogP contribution < -0.4 is 9.64 Å². The molecule has 3 aromatic rings. The summed E-state index contributed by atoms with van der Waals surface area (Å²) in [7, 11) is 0. The average molecular weight is 332 g/mol. The van der Waals surface area contributed by atoms with Crippen LogP contribution in [0, 0.1) is 0 Å². The number of para-hydroxylation sites is 1. The molecule has 1 aliphatic heterocycles. The molecule has 22 heavy (non-hydrogen) atoms. The number of anilines is 1. The summed E-state index contributed by atoms with van der Waals surface area (Å²) in [4.78, 5) is 11.0. The van der Waals surface area contributed by atoms with Crippen molar-refractivity contribution in [3.63, 3.8) is 0 Å². The number of halogens is 1. The number of rotatable bonds is 3. The Balaban J connectivity index is 1.49. The number of hydrogen-bond acceptors (Lipinski definition) is 5. The van der Waals surface area contributed by atoms with Gasteiger partial charge in [-0.2, -0.15) is 0 Å². The summed E-state index contributed by atoms with van der Waals surface area (Å²) in [6.45, 7) is 1.78. The van der Waals surface area contributed by atoms with Gasteiger partial charge in [0.1, 0.15) is 16.9 Å². The number of hydrogen-bond donors (Lipinski definition) is 0. The van der Waals surface area contributed by atoms with Gasteiger partial charge in [-0.1, -0.05) is 35.1 Å². The average Bonchev–Trinajstić information content (AvgIpc) is 3.15. The molecule has 112 valence electrons. The van der Waals surface area contributed by atoms with Crippen LogP contribution in [-0.2, 0) is 0 Å². The number of nitrogens with zero attached hydrogens (tertiary/aromatic N) is 3. The highest BCUT2D eigenvalue weighted by Gasteiger charge is 2.26. The maximum absolute atomic E-state index is 6.10. The Bertz CT molecular complexity index is 774. The van der Waals surface area contributed by atoms with E-state index in [9.17, 15) is 0 Å². The quantitative estimate of drug-likeness (QED) is 0.727. The molecular weight excluding hydrogens is 318 g/mol. The van der Waals surface area contributed by atoms with Crippen molar-refractivity contribution in [1.82, 2.24) is 9.97 Å². The molecule has 0 radical (unpaired) electrons. The Labute approximate surface area is 137 Å². The Morgan fingerprint density at radius 2 is 2.18 bits per heavy atom. The maximum Gasteiger partial charge on any atom is 0.186 e. The standard InChI is InChI=1S/C16H14ClN3OS/c17-12-9-18-7-5-14(12)21-11-6-8-20(10-11)16-19-13-3-1-2-4-15(13)22-16/h1-5,7,9,11H,6,8,10H2. The molecule has 1 aromatic carbocycles. The molecule has 0 amide bonds. The van der Waals surface area contributed by atoms with Crippen molar-refractivity contribution in [2.75, 3.05) is 18.0 Å². The van der Waals surface area contributed by atoms with E-state index in [0.717, 1.165) is 30.2 Å². The highest BCUT2D eigenvalue weighted by Crippen LogP contribution is 2.32. The van der Waals surface area contributed by atoms with E-state index in [-0.39, 0.29) is 6.10 Å². The van der Waals surface area contributed by atoms with E-state index in [1.165, 1.54) is 4.70 Å². The summed E-state index contributed by atoms with van der Waals surface area (Å²) in [5.41, 5.74) is 1.06. The molecule has 3 heterocycles. The molecule has 0 N–H and O–H groups in total. The summed E-state index contributed by atoms with van der Waals surface area (Å²) < 4.78 is 7.22. The third kappa shape index (κ3) is 2.62. The highest BCUT2D eigenvalue weighted by atomic mass is 35.5. The smallest absolute Gasteiger partial charge is 0.186 e. The Kier molecular flexibility index (Phi) is 3.60. The van der Waals surface area contributed by atoms with E-state index >= 15 is 0 Å². The van der Waals surface area contributed by atoms with Crippen molar-refractivity contribution in [2.24, 2.45) is 0 Å². The molecule has 0 spiro atoms. The van der Waals surface area contributed by atoms with Crippen LogP contribution in [0.15, 0.2) is 42.7 Å². The lowest BCUT2D eigenvalue weighted by molar-refractivity contribution is 0.225. The summed E-state index contributed by atoms with van der Waals surface area (Å²) in [5.74, 6) is 0.702. The molecular formula is C16H14ClN3OS. The second kappa shape index (κ2) is 5.74. The second-order valence-corrected chi connectivity index (χ2v) is 6.66. The summed E-state index contributed by atoms with van der Waals surface area (Å²) in [6, 6.07) is 10.0. The predicted molar refractivity (Wildman–Crippen MR) is 90.1 cm³/mol. The lowest BCUT2D eigenvalue weighted by atomic mass is 10.3. The fourth-order valence-corrected chi connectivity index (χ4v) is 3.80. The van der Waals surface area contributed by atoms with Crippen LogP contribution in [0.4, 0.5) is 5.13 Å². The fourth-order valence-electron chi connectivity index (χ4n) is 2.63. The SMILES string of the molecule is Clc1cnccc1OC1CCN(c2nc3ccccc3s2)C1. The minimum absolute atomic E-state index is 0.131. The van der Waals surface area contributed by atoms with Gasteiger partial charge in [0.15, 0.2) is 5.13 Å². The zero-order chi connectivity index (χ0) is 14.9. The van der Waals surface area contributed by atoms with Crippen molar-refractivity contribution < 1.29 is 4.74 Å². The molecule has 2 aromatic heterocycles. The normalized spacial score (nSPS) is 18.0. The van der Waals surface area contributed by atoms with Crippen molar-refractivity contribution in [3.05, 3.63) is 47.7 Å². The summed E-state index contributed by atoms with van der Waals surface area (Å²) in [5, 5.41) is 1.62. The zero-order valence-electron chi connectivity index (χ0n) is 11.8. The Hall–Kier alpha value is -1.85. The first kappa shape index (κ1) is 13.8. The van der Waals surface area contributed by atoms with Gasteiger partial charge in [0, 0.05) is 31.4 Å². The predicted octanol–water partition coefficient (Wildman–Crippen LogP) is 4.00. The lowest BCUT2D eigenvalue weighted by Gasteiger charge is -2.16. The summed E-state index contributed by atoms with van der Waals surface area (Å²) in [6.07, 6.45) is 4.40. The second-order valence-electron chi connectivity index (χ2n) is 5.24. The number of thiazole rings is 1. The van der Waals surface area contributed by atoms with Gasteiger partial charge in [0.05, 0.1) is 16.8 Å². The summed E-state index contributed by atoms with van der Waals surface area (Å²) >= 11 is 7.83. The van der Waals surface area contributed by atoms with E-state index in [2.05, 4.69) is 22.0 Å². The van der Waals surface area contributed by atoms with Gasteiger partial charge in [-0.15, -0.1) is 0 Å². The first-order chi connectivity index (χ1) is 10.8. The molecule has 1 unspecified atom stereocenters. The molecule has 1 atom stereocenters. The first-order valence-electron chi connectivity index (χ1n) is 7.16. The van der Waals surface area contributed by atoms with Crippen LogP contribution in [0.2, 0.25) is 5.02 Å². The van der Waals surface area contributed by atoms with Crippen LogP contribution in [0.25, 0.3) is 10.2 Å². The van der Waals surface area contributed by atoms with Crippen LogP contribution in [0.5, 0.6) is 5.75 Å². The number of ether oxygens (including phenoxy) is 1. The minimum Gasteiger partial charge on any atom is -0.487 e. The number of pyridine rings is 1. The molecule has 1 aliphatic rings. The van der Waals surface area contributed by atoms with Crippen molar-refractivity contribution in [2.45, 2.75) is 12.5 Å². The number of fused-ring (bicyclic) bond motifs is 1. The van der Waals surface area contributed by atoms with Crippen LogP contribution in [-0.4, -0.2) is 29.2 Å². The lowest BCUT2D eigenvalue weighted by Crippen LogP contribution is -2.24. The molecule has 4 nitrogen and oxygen atoms in total. The van der Waals surface area contributed by atoms with E-state index in [0.29, 0.717) is 10.8 Å². The molecule has 4 rings (SSSR count). The highest BCUT2D eigenvalue weighted by molar-refractivity contribution is 7.22. The number of benzene rings is 1. The van der Waals surface area contributed by atoms with Gasteiger partial charge in [0.2, 0.25) is 0 Å². The molecule has 0 saturated carbocycles. The van der Waals surface area contributed by atoms with Gasteiger partial charge in [-0.3, -0.25) is 4.98 Å². The Morgan fingerprint density at radius 1 is 1.27 bits per heavy atom. The molecule has 1 saturated heterocycles. The van der Waals surface area contributed by atoms with E-state index in [1.54, 1.807) is 23.7 Å². The van der Waals surface area contributed by atoms with E-state index in [4.69, 9.17) is 21.3 Å². The molecule has 0 aliphatic carbocycles. The van der Waals surface area contributed by atoms with Gasteiger partial charge in [-0.25, -0.2) is 4.98 Å². The third-order valence-corrected chi connectivity index (χ3v) is 5.11. The first-order valence-corrected chi connectivity index (χ1v) is 8.36. The largest absolute Gasteiger partial charge is 0.487 e. The van der Waals surface area contributed by atoms with Crippen LogP contribution >= 0.6 is 22.9 Å². The van der Waals surface area contributed by atoms with Crippen LogP contribution in [0.3, 0.4) is 0 Å². The van der Waals surface area contributed by atoms with E-state index in [1.807, 2.05) is 18.2 Å². The number of aromatic nitrogens is 2. The monoisotopic (exact) mass is 331 g/mol. The molecule has 1 fully saturated rings. The third-order valence-electron chi connectivity index (χ3n) is 3.73. The topological polar surface area (TPSA) is 38.2 Å². The van der Waals surface area contributed by atoms with Crippen molar-refractivity contribution in [1.29, 1.82) is 0 Å².